The van der Waals surface area contributed by atoms with E-state index in [4.69, 9.17) is 5.26 Å². The van der Waals surface area contributed by atoms with Crippen LogP contribution in [-0.4, -0.2) is 4.57 Å². The molecule has 1 heterocycles. The SMILES string of the molecule is Cc1cn(-c2cc(F)c(C#N)cc2F)c(=O)cc1C(F)(F)F. The van der Waals surface area contributed by atoms with Crippen LogP contribution in [0.4, 0.5) is 22.0 Å². The molecule has 0 aliphatic rings. The predicted molar refractivity (Wildman–Crippen MR) is 66.4 cm³/mol. The van der Waals surface area contributed by atoms with E-state index in [1.165, 1.54) is 6.07 Å². The third-order valence-electron chi connectivity index (χ3n) is 2.97. The standard InChI is InChI=1S/C14H7F5N2O/c1-7-6-21(13(22)3-9(7)14(17,18)19)12-4-10(15)8(5-20)2-11(12)16/h2-4,6H,1H3. The number of nitriles is 1. The van der Waals surface area contributed by atoms with Crippen LogP contribution in [0.15, 0.2) is 29.2 Å². The largest absolute Gasteiger partial charge is 0.416 e. The first-order valence-electron chi connectivity index (χ1n) is 5.85. The first kappa shape index (κ1) is 15.7. The fourth-order valence-corrected chi connectivity index (χ4v) is 1.93. The van der Waals surface area contributed by atoms with Gasteiger partial charge in [0.25, 0.3) is 5.56 Å². The van der Waals surface area contributed by atoms with Crippen molar-refractivity contribution in [3.05, 3.63) is 63.1 Å². The van der Waals surface area contributed by atoms with E-state index in [-0.39, 0.29) is 5.56 Å². The number of halogens is 5. The van der Waals surface area contributed by atoms with Crippen molar-refractivity contribution in [2.24, 2.45) is 0 Å². The number of aryl methyl sites for hydroxylation is 1. The quantitative estimate of drug-likeness (QED) is 0.758. The van der Waals surface area contributed by atoms with Crippen molar-refractivity contribution in [1.29, 1.82) is 5.26 Å². The van der Waals surface area contributed by atoms with Gasteiger partial charge in [0.1, 0.15) is 17.7 Å². The summed E-state index contributed by atoms with van der Waals surface area (Å²) in [5.41, 5.74) is -3.78. The van der Waals surface area contributed by atoms with Crippen molar-refractivity contribution in [2.75, 3.05) is 0 Å². The Kier molecular flexibility index (Phi) is 3.75. The number of rotatable bonds is 1. The second kappa shape index (κ2) is 5.26. The fourth-order valence-electron chi connectivity index (χ4n) is 1.93. The van der Waals surface area contributed by atoms with Crippen LogP contribution < -0.4 is 5.56 Å². The zero-order valence-corrected chi connectivity index (χ0v) is 11.0. The molecular formula is C14H7F5N2O. The van der Waals surface area contributed by atoms with Gasteiger partial charge in [-0.25, -0.2) is 8.78 Å². The Balaban J connectivity index is 2.71. The van der Waals surface area contributed by atoms with Gasteiger partial charge in [-0.1, -0.05) is 0 Å². The highest BCUT2D eigenvalue weighted by Crippen LogP contribution is 2.31. The molecule has 2 rings (SSSR count). The number of hydrogen-bond acceptors (Lipinski definition) is 2. The Morgan fingerprint density at radius 1 is 1.14 bits per heavy atom. The van der Waals surface area contributed by atoms with E-state index in [1.54, 1.807) is 0 Å². The molecule has 1 aromatic heterocycles. The lowest BCUT2D eigenvalue weighted by Gasteiger charge is -2.13. The Labute approximate surface area is 120 Å². The first-order valence-corrected chi connectivity index (χ1v) is 5.85. The lowest BCUT2D eigenvalue weighted by molar-refractivity contribution is -0.138. The van der Waals surface area contributed by atoms with E-state index in [0.29, 0.717) is 22.8 Å². The van der Waals surface area contributed by atoms with Crippen molar-refractivity contribution in [2.45, 2.75) is 13.1 Å². The Hall–Kier alpha value is -2.69. The van der Waals surface area contributed by atoms with Crippen LogP contribution in [0.3, 0.4) is 0 Å². The molecule has 114 valence electrons. The van der Waals surface area contributed by atoms with Crippen LogP contribution in [0.5, 0.6) is 0 Å². The van der Waals surface area contributed by atoms with Gasteiger partial charge in [0.15, 0.2) is 0 Å². The van der Waals surface area contributed by atoms with E-state index in [2.05, 4.69) is 0 Å². The summed E-state index contributed by atoms with van der Waals surface area (Å²) in [6.45, 7) is 1.09. The number of alkyl halides is 3. The van der Waals surface area contributed by atoms with Gasteiger partial charge in [0, 0.05) is 18.3 Å². The Bertz CT molecular complexity index is 846. The Morgan fingerprint density at radius 3 is 2.32 bits per heavy atom. The fraction of sp³-hybridized carbons (Fsp3) is 0.143. The van der Waals surface area contributed by atoms with E-state index >= 15 is 0 Å². The van der Waals surface area contributed by atoms with E-state index in [1.807, 2.05) is 0 Å². The molecule has 0 amide bonds. The summed E-state index contributed by atoms with van der Waals surface area (Å²) in [5, 5.41) is 8.58. The average Bonchev–Trinajstić information content (AvgIpc) is 2.42. The Morgan fingerprint density at radius 2 is 1.77 bits per heavy atom. The summed E-state index contributed by atoms with van der Waals surface area (Å²) in [4.78, 5) is 11.8. The van der Waals surface area contributed by atoms with Gasteiger partial charge < -0.3 is 0 Å². The van der Waals surface area contributed by atoms with Crippen LogP contribution in [0.2, 0.25) is 0 Å². The second-order valence-electron chi connectivity index (χ2n) is 4.47. The van der Waals surface area contributed by atoms with Crippen LogP contribution >= 0.6 is 0 Å². The minimum atomic E-state index is -4.73. The molecule has 0 fully saturated rings. The van der Waals surface area contributed by atoms with Crippen molar-refractivity contribution in [3.63, 3.8) is 0 Å². The molecule has 0 aliphatic heterocycles. The number of aromatic nitrogens is 1. The summed E-state index contributed by atoms with van der Waals surface area (Å²) in [6, 6.07) is 2.89. The maximum absolute atomic E-state index is 13.8. The van der Waals surface area contributed by atoms with Crippen molar-refractivity contribution >= 4 is 0 Å². The van der Waals surface area contributed by atoms with Gasteiger partial charge in [0.2, 0.25) is 0 Å². The summed E-state index contributed by atoms with van der Waals surface area (Å²) in [7, 11) is 0. The smallest absolute Gasteiger partial charge is 0.281 e. The molecule has 2 aromatic rings. The van der Waals surface area contributed by atoms with Crippen molar-refractivity contribution < 1.29 is 22.0 Å². The molecular weight excluding hydrogens is 307 g/mol. The summed E-state index contributed by atoms with van der Waals surface area (Å²) in [6.07, 6.45) is -3.95. The number of benzene rings is 1. The molecule has 0 unspecified atom stereocenters. The molecule has 22 heavy (non-hydrogen) atoms. The zero-order valence-electron chi connectivity index (χ0n) is 11.0. The highest BCUT2D eigenvalue weighted by atomic mass is 19.4. The summed E-state index contributed by atoms with van der Waals surface area (Å²) in [5.74, 6) is -2.18. The molecule has 1 aromatic carbocycles. The van der Waals surface area contributed by atoms with E-state index < -0.39 is 40.2 Å². The molecule has 0 radical (unpaired) electrons. The summed E-state index contributed by atoms with van der Waals surface area (Å²) < 4.78 is 66.0. The first-order chi connectivity index (χ1) is 10.1. The molecule has 0 saturated carbocycles. The maximum atomic E-state index is 13.8. The molecule has 0 saturated heterocycles. The minimum Gasteiger partial charge on any atom is -0.281 e. The van der Waals surface area contributed by atoms with Crippen molar-refractivity contribution in [1.82, 2.24) is 4.57 Å². The maximum Gasteiger partial charge on any atom is 0.416 e. The lowest BCUT2D eigenvalue weighted by atomic mass is 10.1. The molecule has 0 N–H and O–H groups in total. The monoisotopic (exact) mass is 314 g/mol. The number of hydrogen-bond donors (Lipinski definition) is 0. The van der Waals surface area contributed by atoms with E-state index in [0.717, 1.165) is 13.1 Å². The molecule has 0 bridgehead atoms. The molecule has 0 spiro atoms. The number of pyridine rings is 1. The average molecular weight is 314 g/mol. The third-order valence-corrected chi connectivity index (χ3v) is 2.97. The van der Waals surface area contributed by atoms with Crippen LogP contribution in [-0.2, 0) is 6.18 Å². The zero-order chi connectivity index (χ0) is 16.7. The van der Waals surface area contributed by atoms with Crippen LogP contribution in [0.1, 0.15) is 16.7 Å². The third kappa shape index (κ3) is 2.70. The minimum absolute atomic E-state index is 0.310. The van der Waals surface area contributed by atoms with Crippen LogP contribution in [0.25, 0.3) is 5.69 Å². The van der Waals surface area contributed by atoms with Gasteiger partial charge in [-0.15, -0.1) is 0 Å². The lowest BCUT2D eigenvalue weighted by Crippen LogP contribution is -2.23. The van der Waals surface area contributed by atoms with E-state index in [9.17, 15) is 26.7 Å². The highest BCUT2D eigenvalue weighted by Gasteiger charge is 2.33. The number of nitrogens with zero attached hydrogens (tertiary/aromatic N) is 2. The van der Waals surface area contributed by atoms with Crippen LogP contribution in [0, 0.1) is 29.9 Å². The van der Waals surface area contributed by atoms with Crippen molar-refractivity contribution in [3.8, 4) is 11.8 Å². The van der Waals surface area contributed by atoms with Gasteiger partial charge in [0.05, 0.1) is 16.8 Å². The van der Waals surface area contributed by atoms with Gasteiger partial charge in [-0.3, -0.25) is 9.36 Å². The topological polar surface area (TPSA) is 45.8 Å². The summed E-state index contributed by atoms with van der Waals surface area (Å²) >= 11 is 0. The highest BCUT2D eigenvalue weighted by molar-refractivity contribution is 5.43. The molecule has 3 nitrogen and oxygen atoms in total. The van der Waals surface area contributed by atoms with Gasteiger partial charge in [-0.05, 0) is 18.6 Å². The van der Waals surface area contributed by atoms with Gasteiger partial charge in [-0.2, -0.15) is 18.4 Å². The molecule has 0 atom stereocenters. The molecule has 8 heteroatoms. The predicted octanol–water partition coefficient (Wildman–Crippen LogP) is 3.31. The van der Waals surface area contributed by atoms with Gasteiger partial charge >= 0.3 is 6.18 Å². The molecule has 0 aliphatic carbocycles. The second-order valence-corrected chi connectivity index (χ2v) is 4.47. The normalized spacial score (nSPS) is 11.3.